The summed E-state index contributed by atoms with van der Waals surface area (Å²) in [6.45, 7) is 0.366. The van der Waals surface area contributed by atoms with Gasteiger partial charge in [-0.15, -0.1) is 16.4 Å². The lowest BCUT2D eigenvalue weighted by molar-refractivity contribution is -0.133. The number of aromatic nitrogens is 3. The fraction of sp³-hybridized carbons (Fsp3) is 0.296. The summed E-state index contributed by atoms with van der Waals surface area (Å²) in [5.41, 5.74) is 3.96. The SMILES string of the molecule is COc1ccc(C[C@@H](C(=O)NO)n2cc(C3CCCCN3S(=O)(=O)c3ccc(-c4ccccc4)s3)nn2)cc1. The summed E-state index contributed by atoms with van der Waals surface area (Å²) < 4.78 is 35.9. The lowest BCUT2D eigenvalue weighted by Gasteiger charge is -2.33. The van der Waals surface area contributed by atoms with Gasteiger partial charge in [0.1, 0.15) is 21.7 Å². The number of carbonyl (C=O) groups excluding carboxylic acids is 1. The topological polar surface area (TPSA) is 127 Å². The fourth-order valence-electron chi connectivity index (χ4n) is 4.78. The second-order valence-electron chi connectivity index (χ2n) is 9.28. The minimum Gasteiger partial charge on any atom is -0.497 e. The van der Waals surface area contributed by atoms with Gasteiger partial charge in [-0.2, -0.15) is 4.31 Å². The number of hydroxylamine groups is 1. The minimum atomic E-state index is -3.79. The van der Waals surface area contributed by atoms with Crippen LogP contribution in [0.2, 0.25) is 0 Å². The third kappa shape index (κ3) is 5.74. The van der Waals surface area contributed by atoms with Gasteiger partial charge >= 0.3 is 0 Å². The summed E-state index contributed by atoms with van der Waals surface area (Å²) in [4.78, 5) is 13.5. The molecule has 2 aromatic heterocycles. The van der Waals surface area contributed by atoms with Gasteiger partial charge in [0.05, 0.1) is 19.3 Å². The summed E-state index contributed by atoms with van der Waals surface area (Å²) in [6, 6.07) is 19.0. The van der Waals surface area contributed by atoms with Crippen LogP contribution in [0.4, 0.5) is 0 Å². The van der Waals surface area contributed by atoms with Crippen molar-refractivity contribution in [3.05, 3.63) is 84.2 Å². The van der Waals surface area contributed by atoms with E-state index in [1.54, 1.807) is 37.0 Å². The third-order valence-corrected chi connectivity index (χ3v) is 10.4. The highest BCUT2D eigenvalue weighted by Crippen LogP contribution is 2.38. The van der Waals surface area contributed by atoms with Crippen LogP contribution in [0.25, 0.3) is 10.4 Å². The molecular formula is C27H29N5O5S2. The maximum absolute atomic E-state index is 13.8. The van der Waals surface area contributed by atoms with Gasteiger partial charge in [-0.25, -0.2) is 18.6 Å². The van der Waals surface area contributed by atoms with E-state index in [2.05, 4.69) is 10.3 Å². The first-order valence-corrected chi connectivity index (χ1v) is 14.8. The molecule has 39 heavy (non-hydrogen) atoms. The number of methoxy groups -OCH3 is 1. The van der Waals surface area contributed by atoms with Gasteiger partial charge < -0.3 is 4.74 Å². The number of thiophene rings is 1. The van der Waals surface area contributed by atoms with E-state index in [9.17, 15) is 18.4 Å². The summed E-state index contributed by atoms with van der Waals surface area (Å²) in [7, 11) is -2.22. The highest BCUT2D eigenvalue weighted by atomic mass is 32.2. The minimum absolute atomic E-state index is 0.239. The molecule has 1 amide bonds. The van der Waals surface area contributed by atoms with Crippen LogP contribution in [0.5, 0.6) is 5.75 Å². The molecule has 12 heteroatoms. The van der Waals surface area contributed by atoms with Crippen LogP contribution in [0, 0.1) is 0 Å². The van der Waals surface area contributed by atoms with Crippen molar-refractivity contribution in [2.75, 3.05) is 13.7 Å². The quantitative estimate of drug-likeness (QED) is 0.229. The van der Waals surface area contributed by atoms with Gasteiger partial charge in [0.2, 0.25) is 0 Å². The lowest BCUT2D eigenvalue weighted by atomic mass is 10.0. The number of nitrogens with one attached hydrogen (secondary N) is 1. The molecule has 0 radical (unpaired) electrons. The average Bonchev–Trinajstić information content (AvgIpc) is 3.68. The maximum Gasteiger partial charge on any atom is 0.268 e. The molecule has 10 nitrogen and oxygen atoms in total. The number of hydrogen-bond donors (Lipinski definition) is 2. The predicted molar refractivity (Wildman–Crippen MR) is 146 cm³/mol. The fourth-order valence-corrected chi connectivity index (χ4v) is 7.89. The first kappa shape index (κ1) is 27.0. The van der Waals surface area contributed by atoms with Gasteiger partial charge in [-0.1, -0.05) is 54.1 Å². The molecule has 1 unspecified atom stereocenters. The number of rotatable bonds is 9. The van der Waals surface area contributed by atoms with E-state index >= 15 is 0 Å². The molecule has 4 aromatic rings. The smallest absolute Gasteiger partial charge is 0.268 e. The Balaban J connectivity index is 1.41. The molecule has 2 N–H and O–H groups in total. The molecule has 0 saturated carbocycles. The third-order valence-electron chi connectivity index (χ3n) is 6.85. The van der Waals surface area contributed by atoms with E-state index < -0.39 is 28.0 Å². The van der Waals surface area contributed by atoms with Crippen LogP contribution in [-0.2, 0) is 21.2 Å². The van der Waals surface area contributed by atoms with Gasteiger partial charge in [0.25, 0.3) is 15.9 Å². The Hall–Kier alpha value is -3.58. The second kappa shape index (κ2) is 11.7. The Kier molecular flexibility index (Phi) is 8.07. The van der Waals surface area contributed by atoms with Gasteiger partial charge in [-0.3, -0.25) is 10.0 Å². The summed E-state index contributed by atoms with van der Waals surface area (Å²) in [6.07, 6.45) is 4.02. The second-order valence-corrected chi connectivity index (χ2v) is 12.5. The van der Waals surface area contributed by atoms with E-state index in [-0.39, 0.29) is 10.6 Å². The molecule has 0 aliphatic carbocycles. The van der Waals surface area contributed by atoms with E-state index in [0.717, 1.165) is 28.8 Å². The lowest BCUT2D eigenvalue weighted by Crippen LogP contribution is -2.38. The van der Waals surface area contributed by atoms with Crippen molar-refractivity contribution in [3.8, 4) is 16.2 Å². The molecule has 0 bridgehead atoms. The van der Waals surface area contributed by atoms with Crippen molar-refractivity contribution in [2.24, 2.45) is 0 Å². The van der Waals surface area contributed by atoms with Crippen molar-refractivity contribution < 1.29 is 23.2 Å². The first-order valence-electron chi connectivity index (χ1n) is 12.6. The van der Waals surface area contributed by atoms with Crippen molar-refractivity contribution >= 4 is 27.3 Å². The van der Waals surface area contributed by atoms with Crippen LogP contribution in [0.3, 0.4) is 0 Å². The monoisotopic (exact) mass is 567 g/mol. The summed E-state index contributed by atoms with van der Waals surface area (Å²) in [5, 5.41) is 17.8. The largest absolute Gasteiger partial charge is 0.497 e. The molecule has 2 atom stereocenters. The van der Waals surface area contributed by atoms with Crippen LogP contribution in [0.15, 0.2) is 77.1 Å². The Bertz CT molecular complexity index is 1520. The van der Waals surface area contributed by atoms with Crippen molar-refractivity contribution in [1.29, 1.82) is 0 Å². The number of sulfonamides is 1. The summed E-state index contributed by atoms with van der Waals surface area (Å²) in [5.74, 6) is 0.0348. The summed E-state index contributed by atoms with van der Waals surface area (Å²) >= 11 is 1.24. The molecule has 0 spiro atoms. The zero-order valence-corrected chi connectivity index (χ0v) is 22.9. The Morgan fingerprint density at radius 1 is 1.13 bits per heavy atom. The molecule has 1 saturated heterocycles. The van der Waals surface area contributed by atoms with Crippen LogP contribution in [-0.4, -0.2) is 52.5 Å². The number of benzene rings is 2. The van der Waals surface area contributed by atoms with Crippen LogP contribution in [0.1, 0.15) is 42.6 Å². The number of ether oxygens (including phenoxy) is 1. The zero-order chi connectivity index (χ0) is 27.4. The van der Waals surface area contributed by atoms with E-state index in [4.69, 9.17) is 4.74 Å². The Morgan fingerprint density at radius 2 is 1.90 bits per heavy atom. The highest BCUT2D eigenvalue weighted by molar-refractivity contribution is 7.91. The zero-order valence-electron chi connectivity index (χ0n) is 21.3. The first-order chi connectivity index (χ1) is 18.9. The molecule has 1 fully saturated rings. The predicted octanol–water partition coefficient (Wildman–Crippen LogP) is 4.22. The van der Waals surface area contributed by atoms with Crippen molar-refractivity contribution in [1.82, 2.24) is 24.8 Å². The van der Waals surface area contributed by atoms with Crippen LogP contribution < -0.4 is 10.2 Å². The number of piperidine rings is 1. The average molecular weight is 568 g/mol. The Labute approximate surface area is 230 Å². The van der Waals surface area contributed by atoms with Gasteiger partial charge in [-0.05, 0) is 48.2 Å². The van der Waals surface area contributed by atoms with Gasteiger partial charge in [0.15, 0.2) is 0 Å². The number of nitrogens with zero attached hydrogens (tertiary/aromatic N) is 4. The normalized spacial score (nSPS) is 17.0. The van der Waals surface area contributed by atoms with E-state index in [0.29, 0.717) is 24.4 Å². The standard InChI is InChI=1S/C27H29N5O5S2/c1-37-21-12-10-19(11-13-21)17-24(27(33)29-34)31-18-22(28-30-31)23-9-5-6-16-32(23)39(35,36)26-15-14-25(38-26)20-7-3-2-4-8-20/h2-4,7-8,10-15,18,23-24,34H,5-6,9,16-17H2,1H3,(H,29,33)/t23?,24-/m0/s1. The Morgan fingerprint density at radius 3 is 2.62 bits per heavy atom. The number of amides is 1. The van der Waals surface area contributed by atoms with E-state index in [1.807, 2.05) is 48.5 Å². The van der Waals surface area contributed by atoms with Crippen molar-refractivity contribution in [3.63, 3.8) is 0 Å². The molecule has 204 valence electrons. The number of carbonyl (C=O) groups is 1. The molecule has 2 aromatic carbocycles. The van der Waals surface area contributed by atoms with E-state index in [1.165, 1.54) is 20.3 Å². The number of hydrogen-bond acceptors (Lipinski definition) is 8. The molecular weight excluding hydrogens is 538 g/mol. The molecule has 1 aliphatic rings. The molecule has 3 heterocycles. The van der Waals surface area contributed by atoms with Crippen LogP contribution >= 0.6 is 11.3 Å². The molecule has 5 rings (SSSR count). The van der Waals surface area contributed by atoms with Gasteiger partial charge in [0, 0.05) is 17.8 Å². The highest BCUT2D eigenvalue weighted by Gasteiger charge is 2.37. The molecule has 1 aliphatic heterocycles. The van der Waals surface area contributed by atoms with Crippen molar-refractivity contribution in [2.45, 2.75) is 42.0 Å². The maximum atomic E-state index is 13.8.